The van der Waals surface area contributed by atoms with Gasteiger partial charge in [0, 0.05) is 13.7 Å². The third kappa shape index (κ3) is 2.85. The fraction of sp³-hybridized carbons (Fsp3) is 0.615. The van der Waals surface area contributed by atoms with Crippen molar-refractivity contribution in [2.75, 3.05) is 27.4 Å². The van der Waals surface area contributed by atoms with Crippen molar-refractivity contribution in [1.29, 1.82) is 0 Å². The monoisotopic (exact) mass is 333 g/mol. The van der Waals surface area contributed by atoms with Crippen LogP contribution >= 0.6 is 11.3 Å². The van der Waals surface area contributed by atoms with Gasteiger partial charge in [0.1, 0.15) is 4.21 Å². The Morgan fingerprint density at radius 1 is 1.43 bits per heavy atom. The second-order valence-electron chi connectivity index (χ2n) is 4.92. The Hall–Kier alpha value is -0.960. The summed E-state index contributed by atoms with van der Waals surface area (Å²) >= 11 is 1.14. The Balaban J connectivity index is 2.49. The zero-order valence-corrected chi connectivity index (χ0v) is 13.7. The molecule has 0 saturated carbocycles. The highest BCUT2D eigenvalue weighted by Gasteiger charge is 2.52. The first kappa shape index (κ1) is 16.4. The van der Waals surface area contributed by atoms with Crippen LogP contribution in [0.4, 0.5) is 0 Å². The Morgan fingerprint density at radius 2 is 2.19 bits per heavy atom. The van der Waals surface area contributed by atoms with Crippen molar-refractivity contribution in [1.82, 2.24) is 4.31 Å². The van der Waals surface area contributed by atoms with E-state index in [1.54, 1.807) is 17.5 Å². The molecule has 2 heterocycles. The Bertz CT molecular complexity index is 580. The van der Waals surface area contributed by atoms with E-state index in [1.807, 2.05) is 0 Å². The summed E-state index contributed by atoms with van der Waals surface area (Å²) in [5.74, 6) is -0.566. The van der Waals surface area contributed by atoms with Gasteiger partial charge in [0.2, 0.25) is 0 Å². The number of piperidine rings is 1. The van der Waals surface area contributed by atoms with E-state index >= 15 is 0 Å². The zero-order valence-electron chi connectivity index (χ0n) is 12.1. The Labute approximate surface area is 128 Å². The standard InChI is InChI=1S/C13H19NO5S2/c1-18-10-13(12(15)19-2)7-3-4-8-14(13)21(16,17)11-6-5-9-20-11/h5-6,9H,3-4,7-8,10H2,1-2H3. The van der Waals surface area contributed by atoms with Gasteiger partial charge in [-0.1, -0.05) is 6.07 Å². The first-order chi connectivity index (χ1) is 9.99. The summed E-state index contributed by atoms with van der Waals surface area (Å²) in [6, 6.07) is 3.22. The number of carbonyl (C=O) groups is 1. The van der Waals surface area contributed by atoms with Gasteiger partial charge in [-0.2, -0.15) is 4.31 Å². The lowest BCUT2D eigenvalue weighted by molar-refractivity contribution is -0.157. The van der Waals surface area contributed by atoms with E-state index in [-0.39, 0.29) is 10.8 Å². The number of ether oxygens (including phenoxy) is 2. The first-order valence-electron chi connectivity index (χ1n) is 6.63. The molecule has 1 aromatic rings. The van der Waals surface area contributed by atoms with Crippen LogP contribution in [0.5, 0.6) is 0 Å². The predicted octanol–water partition coefficient (Wildman–Crippen LogP) is 1.48. The molecule has 6 nitrogen and oxygen atoms in total. The number of rotatable bonds is 5. The van der Waals surface area contributed by atoms with Gasteiger partial charge in [-0.3, -0.25) is 0 Å². The average Bonchev–Trinajstić information content (AvgIpc) is 3.02. The summed E-state index contributed by atoms with van der Waals surface area (Å²) in [6.07, 6.45) is 1.88. The molecule has 1 aliphatic rings. The van der Waals surface area contributed by atoms with Gasteiger partial charge in [-0.05, 0) is 30.7 Å². The highest BCUT2D eigenvalue weighted by Crippen LogP contribution is 2.36. The summed E-state index contributed by atoms with van der Waals surface area (Å²) in [4.78, 5) is 12.3. The number of carbonyl (C=O) groups excluding carboxylic acids is 1. The molecule has 1 unspecified atom stereocenters. The van der Waals surface area contributed by atoms with Gasteiger partial charge in [0.15, 0.2) is 5.54 Å². The third-order valence-electron chi connectivity index (χ3n) is 3.67. The predicted molar refractivity (Wildman–Crippen MR) is 78.7 cm³/mol. The maximum absolute atomic E-state index is 12.8. The molecule has 0 spiro atoms. The smallest absolute Gasteiger partial charge is 0.329 e. The van der Waals surface area contributed by atoms with Crippen LogP contribution < -0.4 is 0 Å². The third-order valence-corrected chi connectivity index (χ3v) is 7.01. The molecular weight excluding hydrogens is 314 g/mol. The zero-order chi connectivity index (χ0) is 15.5. The van der Waals surface area contributed by atoms with Crippen LogP contribution in [0, 0.1) is 0 Å². The van der Waals surface area contributed by atoms with E-state index in [0.29, 0.717) is 19.4 Å². The molecule has 118 valence electrons. The Morgan fingerprint density at radius 3 is 2.76 bits per heavy atom. The van der Waals surface area contributed by atoms with Crippen molar-refractivity contribution in [2.24, 2.45) is 0 Å². The van der Waals surface area contributed by atoms with Crippen LogP contribution in [-0.2, 0) is 24.3 Å². The topological polar surface area (TPSA) is 72.9 Å². The molecule has 1 aromatic heterocycles. The molecule has 0 bridgehead atoms. The van der Waals surface area contributed by atoms with Gasteiger partial charge in [0.25, 0.3) is 10.0 Å². The van der Waals surface area contributed by atoms with Crippen molar-refractivity contribution in [2.45, 2.75) is 29.0 Å². The second kappa shape index (κ2) is 6.43. The summed E-state index contributed by atoms with van der Waals surface area (Å²) in [5, 5.41) is 1.70. The fourth-order valence-electron chi connectivity index (χ4n) is 2.72. The molecule has 2 rings (SSSR count). The molecule has 1 aliphatic heterocycles. The average molecular weight is 333 g/mol. The van der Waals surface area contributed by atoms with Crippen molar-refractivity contribution in [3.8, 4) is 0 Å². The quantitative estimate of drug-likeness (QED) is 0.763. The summed E-state index contributed by atoms with van der Waals surface area (Å²) in [7, 11) is -1.01. The second-order valence-corrected chi connectivity index (χ2v) is 7.96. The van der Waals surface area contributed by atoms with Gasteiger partial charge >= 0.3 is 5.97 Å². The van der Waals surface area contributed by atoms with Gasteiger partial charge in [0.05, 0.1) is 13.7 Å². The minimum absolute atomic E-state index is 0.00964. The number of hydrogen-bond donors (Lipinski definition) is 0. The van der Waals surface area contributed by atoms with Crippen LogP contribution in [0.3, 0.4) is 0 Å². The lowest BCUT2D eigenvalue weighted by atomic mass is 9.89. The molecular formula is C13H19NO5S2. The summed E-state index contributed by atoms with van der Waals surface area (Å²) in [5.41, 5.74) is -1.27. The molecule has 1 fully saturated rings. The normalized spacial score (nSPS) is 23.9. The van der Waals surface area contributed by atoms with Crippen molar-refractivity contribution in [3.63, 3.8) is 0 Å². The van der Waals surface area contributed by atoms with Crippen molar-refractivity contribution in [3.05, 3.63) is 17.5 Å². The van der Waals surface area contributed by atoms with E-state index in [0.717, 1.165) is 17.8 Å². The van der Waals surface area contributed by atoms with E-state index < -0.39 is 21.5 Å². The van der Waals surface area contributed by atoms with Gasteiger partial charge in [-0.15, -0.1) is 11.3 Å². The van der Waals surface area contributed by atoms with Gasteiger partial charge < -0.3 is 9.47 Å². The van der Waals surface area contributed by atoms with Crippen molar-refractivity contribution < 1.29 is 22.7 Å². The van der Waals surface area contributed by atoms with Crippen molar-refractivity contribution >= 4 is 27.3 Å². The summed E-state index contributed by atoms with van der Waals surface area (Å²) < 4.78 is 37.2. The van der Waals surface area contributed by atoms with E-state index in [1.165, 1.54) is 18.5 Å². The molecule has 1 atom stereocenters. The van der Waals surface area contributed by atoms with E-state index in [4.69, 9.17) is 9.47 Å². The molecule has 8 heteroatoms. The molecule has 1 saturated heterocycles. The maximum Gasteiger partial charge on any atom is 0.329 e. The number of thiophene rings is 1. The van der Waals surface area contributed by atoms with Crippen LogP contribution in [0.25, 0.3) is 0 Å². The number of nitrogens with zero attached hydrogens (tertiary/aromatic N) is 1. The van der Waals surface area contributed by atoms with Crippen LogP contribution in [0.2, 0.25) is 0 Å². The molecule has 0 N–H and O–H groups in total. The number of sulfonamides is 1. The lowest BCUT2D eigenvalue weighted by Gasteiger charge is -2.42. The minimum atomic E-state index is -3.73. The van der Waals surface area contributed by atoms with Crippen LogP contribution in [0.15, 0.2) is 21.7 Å². The first-order valence-corrected chi connectivity index (χ1v) is 8.95. The van der Waals surface area contributed by atoms with Crippen LogP contribution in [-0.4, -0.2) is 51.6 Å². The molecule has 0 aliphatic carbocycles. The number of methoxy groups -OCH3 is 2. The van der Waals surface area contributed by atoms with E-state index in [2.05, 4.69) is 0 Å². The summed E-state index contributed by atoms with van der Waals surface area (Å²) in [6.45, 7) is 0.281. The van der Waals surface area contributed by atoms with Crippen LogP contribution in [0.1, 0.15) is 19.3 Å². The largest absolute Gasteiger partial charge is 0.468 e. The van der Waals surface area contributed by atoms with Gasteiger partial charge in [-0.25, -0.2) is 13.2 Å². The highest BCUT2D eigenvalue weighted by atomic mass is 32.2. The SMILES string of the molecule is COCC1(C(=O)OC)CCCCN1S(=O)(=O)c1cccs1. The highest BCUT2D eigenvalue weighted by molar-refractivity contribution is 7.91. The number of hydrogen-bond acceptors (Lipinski definition) is 6. The molecule has 21 heavy (non-hydrogen) atoms. The minimum Gasteiger partial charge on any atom is -0.468 e. The molecule has 0 aromatic carbocycles. The number of esters is 1. The van der Waals surface area contributed by atoms with E-state index in [9.17, 15) is 13.2 Å². The molecule has 0 radical (unpaired) electrons. The fourth-order valence-corrected chi connectivity index (χ4v) is 5.60. The lowest BCUT2D eigenvalue weighted by Crippen LogP contribution is -2.62. The molecule has 0 amide bonds. The Kier molecular flexibility index (Phi) is 5.03. The maximum atomic E-state index is 12.8.